The lowest BCUT2D eigenvalue weighted by Gasteiger charge is -2.00. The standard InChI is InChI=1S/C7H10N2O3S/c1-3-6-4-5-8-7(9-6)13(10,11)12-2/h4-5H,3H2,1-2H3. The van der Waals surface area contributed by atoms with Crippen LogP contribution < -0.4 is 0 Å². The van der Waals surface area contributed by atoms with Gasteiger partial charge in [-0.05, 0) is 12.5 Å². The second-order valence-electron chi connectivity index (χ2n) is 2.30. The summed E-state index contributed by atoms with van der Waals surface area (Å²) in [5.41, 5.74) is 0.672. The number of hydrogen-bond acceptors (Lipinski definition) is 5. The van der Waals surface area contributed by atoms with E-state index in [-0.39, 0.29) is 5.16 Å². The molecule has 0 aliphatic heterocycles. The molecule has 0 fully saturated rings. The fourth-order valence-electron chi connectivity index (χ4n) is 0.768. The molecule has 1 rings (SSSR count). The summed E-state index contributed by atoms with van der Waals surface area (Å²) >= 11 is 0. The Morgan fingerprint density at radius 2 is 2.23 bits per heavy atom. The summed E-state index contributed by atoms with van der Waals surface area (Å²) in [4.78, 5) is 7.42. The average molecular weight is 202 g/mol. The fourth-order valence-corrected chi connectivity index (χ4v) is 1.34. The van der Waals surface area contributed by atoms with Gasteiger partial charge < -0.3 is 0 Å². The van der Waals surface area contributed by atoms with Crippen molar-refractivity contribution in [2.24, 2.45) is 0 Å². The second kappa shape index (κ2) is 3.80. The van der Waals surface area contributed by atoms with Crippen LogP contribution in [0.2, 0.25) is 0 Å². The minimum atomic E-state index is -3.75. The Bertz CT molecular complexity index is 388. The zero-order chi connectivity index (χ0) is 9.90. The van der Waals surface area contributed by atoms with Crippen molar-refractivity contribution in [3.05, 3.63) is 18.0 Å². The van der Waals surface area contributed by atoms with Gasteiger partial charge in [0, 0.05) is 11.9 Å². The van der Waals surface area contributed by atoms with Gasteiger partial charge in [0.05, 0.1) is 7.11 Å². The maximum atomic E-state index is 11.1. The molecule has 13 heavy (non-hydrogen) atoms. The van der Waals surface area contributed by atoms with Gasteiger partial charge in [0.2, 0.25) is 0 Å². The monoisotopic (exact) mass is 202 g/mol. The molecule has 0 aliphatic carbocycles. The van der Waals surface area contributed by atoms with Crippen LogP contribution in [0, 0.1) is 0 Å². The van der Waals surface area contributed by atoms with Crippen LogP contribution >= 0.6 is 0 Å². The predicted molar refractivity (Wildman–Crippen MR) is 45.6 cm³/mol. The number of nitrogens with zero attached hydrogens (tertiary/aromatic N) is 2. The molecule has 72 valence electrons. The average Bonchev–Trinajstić information content (AvgIpc) is 2.18. The first-order valence-electron chi connectivity index (χ1n) is 3.72. The van der Waals surface area contributed by atoms with E-state index in [1.54, 1.807) is 6.07 Å². The highest BCUT2D eigenvalue weighted by atomic mass is 32.2. The van der Waals surface area contributed by atoms with Crippen LogP contribution in [0.4, 0.5) is 0 Å². The zero-order valence-electron chi connectivity index (χ0n) is 7.39. The summed E-state index contributed by atoms with van der Waals surface area (Å²) in [6.45, 7) is 1.88. The van der Waals surface area contributed by atoms with Crippen molar-refractivity contribution < 1.29 is 12.6 Å². The van der Waals surface area contributed by atoms with Crippen molar-refractivity contribution in [3.8, 4) is 0 Å². The Morgan fingerprint density at radius 1 is 1.54 bits per heavy atom. The van der Waals surface area contributed by atoms with E-state index in [0.717, 1.165) is 7.11 Å². The quantitative estimate of drug-likeness (QED) is 0.523. The van der Waals surface area contributed by atoms with Crippen LogP contribution in [0.5, 0.6) is 0 Å². The van der Waals surface area contributed by atoms with Gasteiger partial charge in [0.25, 0.3) is 5.16 Å². The van der Waals surface area contributed by atoms with Crippen LogP contribution in [0.25, 0.3) is 0 Å². The van der Waals surface area contributed by atoms with Gasteiger partial charge in [0.15, 0.2) is 0 Å². The summed E-state index contributed by atoms with van der Waals surface area (Å²) < 4.78 is 26.5. The second-order valence-corrected chi connectivity index (χ2v) is 3.91. The third kappa shape index (κ3) is 2.22. The summed E-state index contributed by atoms with van der Waals surface area (Å²) in [6, 6.07) is 1.66. The largest absolute Gasteiger partial charge is 0.332 e. The van der Waals surface area contributed by atoms with Crippen LogP contribution in [-0.4, -0.2) is 25.5 Å². The van der Waals surface area contributed by atoms with E-state index < -0.39 is 10.1 Å². The van der Waals surface area contributed by atoms with Crippen molar-refractivity contribution in [1.29, 1.82) is 0 Å². The summed E-state index contributed by atoms with van der Waals surface area (Å²) in [7, 11) is -2.67. The molecule has 0 bridgehead atoms. The highest BCUT2D eigenvalue weighted by Crippen LogP contribution is 2.05. The van der Waals surface area contributed by atoms with Gasteiger partial charge in [-0.3, -0.25) is 4.18 Å². The zero-order valence-corrected chi connectivity index (χ0v) is 8.21. The van der Waals surface area contributed by atoms with Crippen LogP contribution in [0.15, 0.2) is 17.4 Å². The number of aryl methyl sites for hydroxylation is 1. The van der Waals surface area contributed by atoms with Crippen molar-refractivity contribution >= 4 is 10.1 Å². The molecule has 1 aromatic rings. The number of hydrogen-bond donors (Lipinski definition) is 0. The molecule has 1 aromatic heterocycles. The molecule has 0 atom stereocenters. The van der Waals surface area contributed by atoms with Crippen molar-refractivity contribution in [2.75, 3.05) is 7.11 Å². The lowest BCUT2D eigenvalue weighted by atomic mass is 10.3. The molecule has 0 unspecified atom stereocenters. The van der Waals surface area contributed by atoms with Crippen LogP contribution in [0.3, 0.4) is 0 Å². The maximum absolute atomic E-state index is 11.1. The molecule has 5 nitrogen and oxygen atoms in total. The number of aromatic nitrogens is 2. The lowest BCUT2D eigenvalue weighted by molar-refractivity contribution is 0.391. The van der Waals surface area contributed by atoms with Gasteiger partial charge >= 0.3 is 10.1 Å². The van der Waals surface area contributed by atoms with E-state index in [1.165, 1.54) is 6.20 Å². The molecular weight excluding hydrogens is 192 g/mol. The molecule has 6 heteroatoms. The topological polar surface area (TPSA) is 69.2 Å². The molecule has 0 saturated carbocycles. The van der Waals surface area contributed by atoms with Gasteiger partial charge in [-0.2, -0.15) is 8.42 Å². The highest BCUT2D eigenvalue weighted by molar-refractivity contribution is 7.86. The van der Waals surface area contributed by atoms with Gasteiger partial charge in [-0.25, -0.2) is 9.97 Å². The van der Waals surface area contributed by atoms with Crippen LogP contribution in [0.1, 0.15) is 12.6 Å². The van der Waals surface area contributed by atoms with Crippen molar-refractivity contribution in [2.45, 2.75) is 18.5 Å². The van der Waals surface area contributed by atoms with E-state index in [0.29, 0.717) is 12.1 Å². The summed E-state index contributed by atoms with van der Waals surface area (Å²) in [6.07, 6.45) is 2.06. The summed E-state index contributed by atoms with van der Waals surface area (Å²) in [5, 5.41) is -0.283. The molecule has 0 aliphatic rings. The Labute approximate surface area is 76.9 Å². The van der Waals surface area contributed by atoms with E-state index in [4.69, 9.17) is 0 Å². The molecule has 0 spiro atoms. The van der Waals surface area contributed by atoms with Crippen molar-refractivity contribution in [1.82, 2.24) is 9.97 Å². The first-order chi connectivity index (χ1) is 6.10. The van der Waals surface area contributed by atoms with Crippen molar-refractivity contribution in [3.63, 3.8) is 0 Å². The van der Waals surface area contributed by atoms with Gasteiger partial charge in [-0.1, -0.05) is 6.92 Å². The van der Waals surface area contributed by atoms with E-state index in [9.17, 15) is 8.42 Å². The first-order valence-corrected chi connectivity index (χ1v) is 5.13. The normalized spacial score (nSPS) is 11.5. The summed E-state index contributed by atoms with van der Waals surface area (Å²) in [5.74, 6) is 0. The molecule has 0 radical (unpaired) electrons. The van der Waals surface area contributed by atoms with Gasteiger partial charge in [-0.15, -0.1) is 0 Å². The SMILES string of the molecule is CCc1ccnc(S(=O)(=O)OC)n1. The maximum Gasteiger partial charge on any atom is 0.332 e. The molecule has 1 heterocycles. The molecule has 0 N–H and O–H groups in total. The number of rotatable bonds is 3. The van der Waals surface area contributed by atoms with E-state index >= 15 is 0 Å². The fraction of sp³-hybridized carbons (Fsp3) is 0.429. The third-order valence-corrected chi connectivity index (χ3v) is 2.58. The lowest BCUT2D eigenvalue weighted by Crippen LogP contribution is -2.08. The van der Waals surface area contributed by atoms with Gasteiger partial charge in [0.1, 0.15) is 0 Å². The Morgan fingerprint density at radius 3 is 2.77 bits per heavy atom. The smallest absolute Gasteiger partial charge is 0.267 e. The first kappa shape index (κ1) is 10.1. The Hall–Kier alpha value is -1.01. The van der Waals surface area contributed by atoms with Crippen LogP contribution in [-0.2, 0) is 20.7 Å². The highest BCUT2D eigenvalue weighted by Gasteiger charge is 2.16. The Balaban J connectivity index is 3.17. The Kier molecular flexibility index (Phi) is 2.94. The molecular formula is C7H10N2O3S. The molecule has 0 amide bonds. The molecule has 0 saturated heterocycles. The minimum absolute atomic E-state index is 0.283. The third-order valence-electron chi connectivity index (χ3n) is 1.50. The predicted octanol–water partition coefficient (Wildman–Crippen LogP) is 0.374. The minimum Gasteiger partial charge on any atom is -0.267 e. The van der Waals surface area contributed by atoms with E-state index in [2.05, 4.69) is 14.2 Å². The molecule has 0 aromatic carbocycles. The van der Waals surface area contributed by atoms with E-state index in [1.807, 2.05) is 6.92 Å².